The Morgan fingerprint density at radius 1 is 1.04 bits per heavy atom. The molecule has 1 saturated heterocycles. The predicted molar refractivity (Wildman–Crippen MR) is 96.6 cm³/mol. The summed E-state index contributed by atoms with van der Waals surface area (Å²) in [6, 6.07) is 19.0. The van der Waals surface area contributed by atoms with Crippen molar-refractivity contribution in [1.29, 1.82) is 0 Å². The maximum atomic E-state index is 12.2. The third kappa shape index (κ3) is 4.04. The molecule has 126 valence electrons. The number of carbonyl (C=O) groups excluding carboxylic acids is 1. The van der Waals surface area contributed by atoms with Crippen LogP contribution in [0.25, 0.3) is 11.1 Å². The standard InChI is InChI=1S/C21H25NO2/c1-2-24-21(23)20-10-6-7-15-22(20)16-17-11-13-19(14-12-17)18-8-4-3-5-9-18/h3-5,8-9,11-14,20H,2,6-7,10,15-16H2,1H3/t20-/m0/s1. The Morgan fingerprint density at radius 3 is 2.46 bits per heavy atom. The topological polar surface area (TPSA) is 29.5 Å². The van der Waals surface area contributed by atoms with Crippen molar-refractivity contribution in [3.8, 4) is 11.1 Å². The van der Waals surface area contributed by atoms with E-state index in [1.807, 2.05) is 13.0 Å². The Morgan fingerprint density at radius 2 is 1.75 bits per heavy atom. The molecule has 1 fully saturated rings. The van der Waals surface area contributed by atoms with Crippen LogP contribution in [0, 0.1) is 0 Å². The third-order valence-corrected chi connectivity index (χ3v) is 4.62. The first-order valence-electron chi connectivity index (χ1n) is 8.83. The van der Waals surface area contributed by atoms with Crippen molar-refractivity contribution in [3.63, 3.8) is 0 Å². The van der Waals surface area contributed by atoms with Crippen molar-refractivity contribution in [3.05, 3.63) is 60.2 Å². The van der Waals surface area contributed by atoms with Gasteiger partial charge in [0.25, 0.3) is 0 Å². The Kier molecular flexibility index (Phi) is 5.65. The van der Waals surface area contributed by atoms with Crippen LogP contribution >= 0.6 is 0 Å². The second-order valence-electron chi connectivity index (χ2n) is 6.30. The summed E-state index contributed by atoms with van der Waals surface area (Å²) in [4.78, 5) is 14.4. The molecule has 3 rings (SSSR count). The minimum Gasteiger partial charge on any atom is -0.465 e. The first-order chi connectivity index (χ1) is 11.8. The average molecular weight is 323 g/mol. The van der Waals surface area contributed by atoms with Gasteiger partial charge in [-0.25, -0.2) is 0 Å². The van der Waals surface area contributed by atoms with E-state index in [1.165, 1.54) is 16.7 Å². The van der Waals surface area contributed by atoms with Gasteiger partial charge in [-0.2, -0.15) is 0 Å². The number of rotatable bonds is 5. The molecular formula is C21H25NO2. The van der Waals surface area contributed by atoms with Crippen molar-refractivity contribution in [2.75, 3.05) is 13.2 Å². The van der Waals surface area contributed by atoms with Crippen LogP contribution in [0.3, 0.4) is 0 Å². The van der Waals surface area contributed by atoms with Gasteiger partial charge in [-0.05, 0) is 43.0 Å². The molecule has 2 aromatic carbocycles. The summed E-state index contributed by atoms with van der Waals surface area (Å²) in [5.41, 5.74) is 3.69. The van der Waals surface area contributed by atoms with Crippen molar-refractivity contribution < 1.29 is 9.53 Å². The number of hydrogen-bond donors (Lipinski definition) is 0. The molecule has 0 unspecified atom stereocenters. The minimum absolute atomic E-state index is 0.0712. The number of carbonyl (C=O) groups is 1. The molecule has 24 heavy (non-hydrogen) atoms. The van der Waals surface area contributed by atoms with E-state index in [9.17, 15) is 4.79 Å². The van der Waals surface area contributed by atoms with Gasteiger partial charge in [0, 0.05) is 6.54 Å². The Labute approximate surface area is 144 Å². The molecule has 1 atom stereocenters. The summed E-state index contributed by atoms with van der Waals surface area (Å²) in [5.74, 6) is -0.0712. The van der Waals surface area contributed by atoms with E-state index >= 15 is 0 Å². The van der Waals surface area contributed by atoms with E-state index in [4.69, 9.17) is 4.74 Å². The van der Waals surface area contributed by atoms with Crippen LogP contribution in [0.15, 0.2) is 54.6 Å². The number of benzene rings is 2. The van der Waals surface area contributed by atoms with Crippen LogP contribution in [0.4, 0.5) is 0 Å². The quantitative estimate of drug-likeness (QED) is 0.770. The van der Waals surface area contributed by atoms with Gasteiger partial charge in [0.1, 0.15) is 6.04 Å². The smallest absolute Gasteiger partial charge is 0.323 e. The van der Waals surface area contributed by atoms with E-state index in [2.05, 4.69) is 53.4 Å². The molecule has 3 nitrogen and oxygen atoms in total. The highest BCUT2D eigenvalue weighted by Gasteiger charge is 2.29. The molecule has 0 N–H and O–H groups in total. The van der Waals surface area contributed by atoms with Gasteiger partial charge in [-0.3, -0.25) is 9.69 Å². The van der Waals surface area contributed by atoms with Gasteiger partial charge in [0.2, 0.25) is 0 Å². The molecule has 0 radical (unpaired) electrons. The largest absolute Gasteiger partial charge is 0.465 e. The summed E-state index contributed by atoms with van der Waals surface area (Å²) in [7, 11) is 0. The van der Waals surface area contributed by atoms with E-state index < -0.39 is 0 Å². The summed E-state index contributed by atoms with van der Waals surface area (Å²) < 4.78 is 5.25. The summed E-state index contributed by atoms with van der Waals surface area (Å²) in [5, 5.41) is 0. The monoisotopic (exact) mass is 323 g/mol. The second-order valence-corrected chi connectivity index (χ2v) is 6.30. The van der Waals surface area contributed by atoms with Gasteiger partial charge < -0.3 is 4.74 Å². The fourth-order valence-electron chi connectivity index (χ4n) is 3.35. The molecular weight excluding hydrogens is 298 g/mol. The summed E-state index contributed by atoms with van der Waals surface area (Å²) in [6.45, 7) is 4.09. The number of ether oxygens (including phenoxy) is 1. The lowest BCUT2D eigenvalue weighted by atomic mass is 10.00. The van der Waals surface area contributed by atoms with Crippen LogP contribution in [0.1, 0.15) is 31.7 Å². The zero-order valence-electron chi connectivity index (χ0n) is 14.3. The second kappa shape index (κ2) is 8.11. The number of esters is 1. The van der Waals surface area contributed by atoms with E-state index in [1.54, 1.807) is 0 Å². The number of hydrogen-bond acceptors (Lipinski definition) is 3. The van der Waals surface area contributed by atoms with Gasteiger partial charge >= 0.3 is 5.97 Å². The van der Waals surface area contributed by atoms with Crippen LogP contribution in [-0.4, -0.2) is 30.1 Å². The predicted octanol–water partition coefficient (Wildman–Crippen LogP) is 4.27. The van der Waals surface area contributed by atoms with E-state index in [-0.39, 0.29) is 12.0 Å². The van der Waals surface area contributed by atoms with Crippen LogP contribution in [0.5, 0.6) is 0 Å². The molecule has 2 aromatic rings. The lowest BCUT2D eigenvalue weighted by Gasteiger charge is -2.34. The van der Waals surface area contributed by atoms with E-state index in [0.29, 0.717) is 6.61 Å². The van der Waals surface area contributed by atoms with Crippen LogP contribution in [0.2, 0.25) is 0 Å². The fourth-order valence-corrected chi connectivity index (χ4v) is 3.35. The van der Waals surface area contributed by atoms with Crippen molar-refractivity contribution >= 4 is 5.97 Å². The molecule has 0 aliphatic carbocycles. The van der Waals surface area contributed by atoms with Crippen molar-refractivity contribution in [1.82, 2.24) is 4.90 Å². The molecule has 1 aliphatic rings. The summed E-state index contributed by atoms with van der Waals surface area (Å²) >= 11 is 0. The molecule has 1 aliphatic heterocycles. The normalized spacial score (nSPS) is 18.3. The summed E-state index contributed by atoms with van der Waals surface area (Å²) in [6.07, 6.45) is 3.16. The molecule has 0 saturated carbocycles. The zero-order chi connectivity index (χ0) is 16.8. The molecule has 0 bridgehead atoms. The van der Waals surface area contributed by atoms with Gasteiger partial charge in [0.15, 0.2) is 0 Å². The molecule has 0 amide bonds. The van der Waals surface area contributed by atoms with E-state index in [0.717, 1.165) is 32.4 Å². The first-order valence-corrected chi connectivity index (χ1v) is 8.83. The number of nitrogens with zero attached hydrogens (tertiary/aromatic N) is 1. The maximum absolute atomic E-state index is 12.2. The highest BCUT2D eigenvalue weighted by Crippen LogP contribution is 2.23. The van der Waals surface area contributed by atoms with Crippen LogP contribution in [-0.2, 0) is 16.1 Å². The molecule has 0 aromatic heterocycles. The highest BCUT2D eigenvalue weighted by molar-refractivity contribution is 5.75. The van der Waals surface area contributed by atoms with Gasteiger partial charge in [0.05, 0.1) is 6.61 Å². The lowest BCUT2D eigenvalue weighted by Crippen LogP contribution is -2.44. The number of likely N-dealkylation sites (tertiary alicyclic amines) is 1. The minimum atomic E-state index is -0.0903. The number of piperidine rings is 1. The Balaban J connectivity index is 1.69. The molecule has 3 heteroatoms. The first kappa shape index (κ1) is 16.7. The van der Waals surface area contributed by atoms with Gasteiger partial charge in [-0.15, -0.1) is 0 Å². The van der Waals surface area contributed by atoms with Crippen LogP contribution < -0.4 is 0 Å². The Hall–Kier alpha value is -2.13. The fraction of sp³-hybridized carbons (Fsp3) is 0.381. The SMILES string of the molecule is CCOC(=O)[C@@H]1CCCCN1Cc1ccc(-c2ccccc2)cc1. The molecule has 1 heterocycles. The maximum Gasteiger partial charge on any atom is 0.323 e. The zero-order valence-corrected chi connectivity index (χ0v) is 14.3. The Bertz CT molecular complexity index is 651. The van der Waals surface area contributed by atoms with Gasteiger partial charge in [-0.1, -0.05) is 61.0 Å². The average Bonchev–Trinajstić information content (AvgIpc) is 2.64. The highest BCUT2D eigenvalue weighted by atomic mass is 16.5. The lowest BCUT2D eigenvalue weighted by molar-refractivity contribution is -0.151. The van der Waals surface area contributed by atoms with Crippen molar-refractivity contribution in [2.24, 2.45) is 0 Å². The van der Waals surface area contributed by atoms with Crippen molar-refractivity contribution in [2.45, 2.75) is 38.8 Å². The third-order valence-electron chi connectivity index (χ3n) is 4.62. The molecule has 0 spiro atoms.